The van der Waals surface area contributed by atoms with Crippen LogP contribution in [0.15, 0.2) is 0 Å². The Morgan fingerprint density at radius 1 is 1.04 bits per heavy atom. The summed E-state index contributed by atoms with van der Waals surface area (Å²) in [6, 6.07) is 0. The number of esters is 3. The van der Waals surface area contributed by atoms with Crippen LogP contribution in [-0.2, 0) is 28.6 Å². The third-order valence-electron chi connectivity index (χ3n) is 6.13. The fraction of sp³-hybridized carbons (Fsp3) is 0.842. The van der Waals surface area contributed by atoms with Crippen LogP contribution < -0.4 is 0 Å². The van der Waals surface area contributed by atoms with Gasteiger partial charge in [-0.15, -0.1) is 0 Å². The van der Waals surface area contributed by atoms with Crippen LogP contribution in [0.4, 0.5) is 0 Å². The summed E-state index contributed by atoms with van der Waals surface area (Å²) >= 11 is 0. The number of carbonyl (C=O) groups excluding carboxylic acids is 3. The molecule has 3 aliphatic rings. The number of hydrogen-bond acceptors (Lipinski definition) is 6. The Hall–Kier alpha value is -1.59. The Morgan fingerprint density at radius 3 is 2.08 bits per heavy atom. The molecule has 7 unspecified atom stereocenters. The maximum atomic E-state index is 12.8. The molecule has 2 bridgehead atoms. The van der Waals surface area contributed by atoms with Gasteiger partial charge in [0.05, 0.1) is 18.4 Å². The number of rotatable bonds is 3. The standard InChI is InChI=1S/C19H28O6/c1-9-10(2)12-8-11(9)14(15(12)18(22)25-19(3,4)5)17(21)24-13-6-7-23-16(13)20/h9-15H,6-8H2,1-5H3. The molecule has 1 aliphatic heterocycles. The maximum Gasteiger partial charge on any atom is 0.347 e. The number of cyclic esters (lactones) is 1. The first-order chi connectivity index (χ1) is 11.6. The largest absolute Gasteiger partial charge is 0.463 e. The second kappa shape index (κ2) is 6.29. The van der Waals surface area contributed by atoms with Gasteiger partial charge in [-0.05, 0) is 50.9 Å². The average Bonchev–Trinajstić information content (AvgIpc) is 3.14. The van der Waals surface area contributed by atoms with E-state index in [2.05, 4.69) is 13.8 Å². The summed E-state index contributed by atoms with van der Waals surface area (Å²) < 4.78 is 15.9. The summed E-state index contributed by atoms with van der Waals surface area (Å²) in [6.07, 6.45) is 0.383. The molecule has 3 rings (SSSR count). The molecule has 0 aromatic heterocycles. The summed E-state index contributed by atoms with van der Waals surface area (Å²) in [6.45, 7) is 10.0. The quantitative estimate of drug-likeness (QED) is 0.573. The molecule has 0 aromatic carbocycles. The van der Waals surface area contributed by atoms with Crippen molar-refractivity contribution in [2.24, 2.45) is 35.5 Å². The second-order valence-corrected chi connectivity index (χ2v) is 8.75. The van der Waals surface area contributed by atoms with E-state index in [0.717, 1.165) is 6.42 Å². The molecule has 6 heteroatoms. The van der Waals surface area contributed by atoms with E-state index in [4.69, 9.17) is 14.2 Å². The van der Waals surface area contributed by atoms with Crippen LogP contribution in [0.1, 0.15) is 47.5 Å². The topological polar surface area (TPSA) is 78.9 Å². The summed E-state index contributed by atoms with van der Waals surface area (Å²) in [7, 11) is 0. The van der Waals surface area contributed by atoms with Crippen molar-refractivity contribution in [3.05, 3.63) is 0 Å². The Labute approximate surface area is 148 Å². The van der Waals surface area contributed by atoms with Gasteiger partial charge in [-0.25, -0.2) is 4.79 Å². The van der Waals surface area contributed by atoms with Crippen molar-refractivity contribution in [3.63, 3.8) is 0 Å². The molecule has 0 spiro atoms. The van der Waals surface area contributed by atoms with Crippen molar-refractivity contribution >= 4 is 17.9 Å². The zero-order valence-corrected chi connectivity index (χ0v) is 15.6. The van der Waals surface area contributed by atoms with E-state index in [9.17, 15) is 14.4 Å². The molecule has 0 amide bonds. The Bertz CT molecular complexity index is 577. The fourth-order valence-corrected chi connectivity index (χ4v) is 4.82. The molecular formula is C19H28O6. The average molecular weight is 352 g/mol. The Balaban J connectivity index is 1.80. The first-order valence-corrected chi connectivity index (χ1v) is 9.20. The van der Waals surface area contributed by atoms with Crippen LogP contribution in [0, 0.1) is 35.5 Å². The van der Waals surface area contributed by atoms with Gasteiger partial charge in [0, 0.05) is 6.42 Å². The van der Waals surface area contributed by atoms with Gasteiger partial charge in [-0.3, -0.25) is 9.59 Å². The van der Waals surface area contributed by atoms with E-state index >= 15 is 0 Å². The summed E-state index contributed by atoms with van der Waals surface area (Å²) in [5, 5.41) is 0. The van der Waals surface area contributed by atoms with Gasteiger partial charge >= 0.3 is 17.9 Å². The summed E-state index contributed by atoms with van der Waals surface area (Å²) in [5.74, 6) is -1.35. The van der Waals surface area contributed by atoms with E-state index < -0.39 is 35.5 Å². The van der Waals surface area contributed by atoms with Gasteiger partial charge in [-0.2, -0.15) is 0 Å². The van der Waals surface area contributed by atoms with Gasteiger partial charge in [-0.1, -0.05) is 13.8 Å². The minimum Gasteiger partial charge on any atom is -0.463 e. The van der Waals surface area contributed by atoms with E-state index in [1.807, 2.05) is 20.8 Å². The van der Waals surface area contributed by atoms with Crippen molar-refractivity contribution in [2.45, 2.75) is 59.2 Å². The van der Waals surface area contributed by atoms with Gasteiger partial charge in [0.2, 0.25) is 6.10 Å². The second-order valence-electron chi connectivity index (χ2n) is 8.75. The lowest BCUT2D eigenvalue weighted by molar-refractivity contribution is -0.176. The van der Waals surface area contributed by atoms with Crippen molar-refractivity contribution in [1.29, 1.82) is 0 Å². The first-order valence-electron chi connectivity index (χ1n) is 9.20. The van der Waals surface area contributed by atoms with Gasteiger partial charge in [0.25, 0.3) is 0 Å². The molecule has 2 aliphatic carbocycles. The Kier molecular flexibility index (Phi) is 4.58. The van der Waals surface area contributed by atoms with Crippen LogP contribution in [0.25, 0.3) is 0 Å². The summed E-state index contributed by atoms with van der Waals surface area (Å²) in [5.41, 5.74) is -0.600. The van der Waals surface area contributed by atoms with E-state index in [-0.39, 0.29) is 24.4 Å². The molecular weight excluding hydrogens is 324 g/mol. The van der Waals surface area contributed by atoms with Crippen LogP contribution >= 0.6 is 0 Å². The minimum absolute atomic E-state index is 0.0995. The lowest BCUT2D eigenvalue weighted by atomic mass is 9.69. The van der Waals surface area contributed by atoms with E-state index in [1.54, 1.807) is 0 Å². The van der Waals surface area contributed by atoms with Crippen molar-refractivity contribution in [1.82, 2.24) is 0 Å². The van der Waals surface area contributed by atoms with Crippen LogP contribution in [0.2, 0.25) is 0 Å². The molecule has 6 nitrogen and oxygen atoms in total. The maximum absolute atomic E-state index is 12.8. The highest BCUT2D eigenvalue weighted by Crippen LogP contribution is 2.59. The molecule has 0 aromatic rings. The van der Waals surface area contributed by atoms with Gasteiger partial charge in [0.1, 0.15) is 5.60 Å². The molecule has 1 saturated heterocycles. The van der Waals surface area contributed by atoms with E-state index in [1.165, 1.54) is 0 Å². The molecule has 140 valence electrons. The Morgan fingerprint density at radius 2 is 1.60 bits per heavy atom. The monoisotopic (exact) mass is 352 g/mol. The SMILES string of the molecule is CC1C(C)C2CC1C(C(=O)OC1CCOC1=O)C2C(=O)OC(C)(C)C. The zero-order valence-electron chi connectivity index (χ0n) is 15.6. The normalized spacial score (nSPS) is 40.0. The highest BCUT2D eigenvalue weighted by molar-refractivity contribution is 5.86. The third kappa shape index (κ3) is 3.27. The van der Waals surface area contributed by atoms with Crippen molar-refractivity contribution in [2.75, 3.05) is 6.61 Å². The molecule has 0 radical (unpaired) electrons. The minimum atomic E-state index is -0.835. The zero-order chi connectivity index (χ0) is 18.5. The van der Waals surface area contributed by atoms with Gasteiger partial charge < -0.3 is 14.2 Å². The lowest BCUT2D eigenvalue weighted by Gasteiger charge is -2.37. The molecule has 0 N–H and O–H groups in total. The number of carbonyl (C=O) groups is 3. The lowest BCUT2D eigenvalue weighted by Crippen LogP contribution is -2.44. The number of hydrogen-bond donors (Lipinski definition) is 0. The van der Waals surface area contributed by atoms with Crippen molar-refractivity contribution < 1.29 is 28.6 Å². The van der Waals surface area contributed by atoms with Crippen LogP contribution in [0.3, 0.4) is 0 Å². The van der Waals surface area contributed by atoms with Crippen LogP contribution in [-0.4, -0.2) is 36.2 Å². The predicted octanol–water partition coefficient (Wildman–Crippen LogP) is 2.34. The molecule has 3 fully saturated rings. The molecule has 2 saturated carbocycles. The first kappa shape index (κ1) is 18.2. The van der Waals surface area contributed by atoms with Crippen molar-refractivity contribution in [3.8, 4) is 0 Å². The summed E-state index contributed by atoms with van der Waals surface area (Å²) in [4.78, 5) is 37.2. The van der Waals surface area contributed by atoms with Crippen LogP contribution in [0.5, 0.6) is 0 Å². The third-order valence-corrected chi connectivity index (χ3v) is 6.13. The molecule has 1 heterocycles. The smallest absolute Gasteiger partial charge is 0.347 e. The number of fused-ring (bicyclic) bond motifs is 2. The van der Waals surface area contributed by atoms with E-state index in [0.29, 0.717) is 18.3 Å². The highest BCUT2D eigenvalue weighted by atomic mass is 16.6. The molecule has 25 heavy (non-hydrogen) atoms. The fourth-order valence-electron chi connectivity index (χ4n) is 4.82. The number of ether oxygens (including phenoxy) is 3. The predicted molar refractivity (Wildman–Crippen MR) is 88.2 cm³/mol. The highest BCUT2D eigenvalue weighted by Gasteiger charge is 2.61. The molecule has 7 atom stereocenters. The van der Waals surface area contributed by atoms with Gasteiger partial charge in [0.15, 0.2) is 0 Å².